The Morgan fingerprint density at radius 2 is 1.96 bits per heavy atom. The summed E-state index contributed by atoms with van der Waals surface area (Å²) < 4.78 is 11.2. The topological polar surface area (TPSA) is 55.8 Å². The summed E-state index contributed by atoms with van der Waals surface area (Å²) in [6.45, 7) is 6.04. The van der Waals surface area contributed by atoms with Gasteiger partial charge < -0.3 is 14.4 Å². The fourth-order valence-electron chi connectivity index (χ4n) is 2.42. The number of nitrogens with zero attached hydrogens (tertiary/aromatic N) is 1. The lowest BCUT2D eigenvalue weighted by Crippen LogP contribution is -2.35. The number of benzene rings is 1. The Kier molecular flexibility index (Phi) is 8.42. The van der Waals surface area contributed by atoms with Gasteiger partial charge in [0.05, 0.1) is 13.0 Å². The minimum absolute atomic E-state index is 0.222. The zero-order chi connectivity index (χ0) is 19.0. The fraction of sp³-hybridized carbons (Fsp3) is 0.579. The SMILES string of the molecule is COC(=O)C(CCCN(C)C(=O)OC(C)(C)C)Cc1cccc(Br)c1. The molecule has 0 aliphatic heterocycles. The van der Waals surface area contributed by atoms with Crippen LogP contribution in [0.3, 0.4) is 0 Å². The largest absolute Gasteiger partial charge is 0.469 e. The van der Waals surface area contributed by atoms with Crippen LogP contribution < -0.4 is 0 Å². The molecule has 140 valence electrons. The zero-order valence-corrected chi connectivity index (χ0v) is 17.3. The van der Waals surface area contributed by atoms with Crippen LogP contribution in [0.5, 0.6) is 0 Å². The van der Waals surface area contributed by atoms with Crippen LogP contribution in [-0.4, -0.2) is 43.3 Å². The molecule has 25 heavy (non-hydrogen) atoms. The quantitative estimate of drug-likeness (QED) is 0.620. The van der Waals surface area contributed by atoms with Crippen LogP contribution in [0.2, 0.25) is 0 Å². The average molecular weight is 414 g/mol. The van der Waals surface area contributed by atoms with Crippen LogP contribution in [0.4, 0.5) is 4.79 Å². The third kappa shape index (κ3) is 8.38. The fourth-order valence-corrected chi connectivity index (χ4v) is 2.87. The van der Waals surface area contributed by atoms with Gasteiger partial charge in [-0.2, -0.15) is 0 Å². The van der Waals surface area contributed by atoms with Crippen molar-refractivity contribution in [2.24, 2.45) is 5.92 Å². The van der Waals surface area contributed by atoms with E-state index in [1.807, 2.05) is 45.0 Å². The van der Waals surface area contributed by atoms with Crippen LogP contribution in [0, 0.1) is 5.92 Å². The Morgan fingerprint density at radius 1 is 1.28 bits per heavy atom. The van der Waals surface area contributed by atoms with Gasteiger partial charge in [0.2, 0.25) is 0 Å². The number of carbonyl (C=O) groups excluding carboxylic acids is 2. The molecule has 0 aliphatic rings. The number of carbonyl (C=O) groups is 2. The Morgan fingerprint density at radius 3 is 2.52 bits per heavy atom. The van der Waals surface area contributed by atoms with E-state index in [2.05, 4.69) is 15.9 Å². The Bertz CT molecular complexity index is 583. The molecule has 1 aromatic carbocycles. The molecule has 0 radical (unpaired) electrons. The monoisotopic (exact) mass is 413 g/mol. The van der Waals surface area contributed by atoms with Crippen molar-refractivity contribution in [2.45, 2.75) is 45.6 Å². The predicted octanol–water partition coefficient (Wildman–Crippen LogP) is 4.43. The second-order valence-electron chi connectivity index (χ2n) is 7.10. The molecule has 0 N–H and O–H groups in total. The zero-order valence-electron chi connectivity index (χ0n) is 15.7. The Hall–Kier alpha value is -1.56. The van der Waals surface area contributed by atoms with Crippen molar-refractivity contribution >= 4 is 28.0 Å². The third-order valence-electron chi connectivity index (χ3n) is 3.66. The van der Waals surface area contributed by atoms with Gasteiger partial charge in [-0.3, -0.25) is 4.79 Å². The number of hydrogen-bond donors (Lipinski definition) is 0. The molecular weight excluding hydrogens is 386 g/mol. The second kappa shape index (κ2) is 9.80. The van der Waals surface area contributed by atoms with E-state index in [4.69, 9.17) is 9.47 Å². The highest BCUT2D eigenvalue weighted by Crippen LogP contribution is 2.19. The average Bonchev–Trinajstić information content (AvgIpc) is 2.51. The number of ether oxygens (including phenoxy) is 2. The standard InChI is InChI=1S/C19H28BrNO4/c1-19(2,3)25-18(23)21(4)11-7-9-15(17(22)24-5)12-14-8-6-10-16(20)13-14/h6,8,10,13,15H,7,9,11-12H2,1-5H3. The van der Waals surface area contributed by atoms with Crippen LogP contribution >= 0.6 is 15.9 Å². The summed E-state index contributed by atoms with van der Waals surface area (Å²) in [4.78, 5) is 25.6. The number of esters is 1. The predicted molar refractivity (Wildman–Crippen MR) is 101 cm³/mol. The number of amides is 1. The van der Waals surface area contributed by atoms with Crippen molar-refractivity contribution in [1.82, 2.24) is 4.90 Å². The van der Waals surface area contributed by atoms with E-state index in [1.54, 1.807) is 11.9 Å². The minimum atomic E-state index is -0.513. The number of halogens is 1. The normalized spacial score (nSPS) is 12.4. The summed E-state index contributed by atoms with van der Waals surface area (Å²) >= 11 is 3.44. The van der Waals surface area contributed by atoms with Crippen molar-refractivity contribution in [1.29, 1.82) is 0 Å². The van der Waals surface area contributed by atoms with E-state index in [1.165, 1.54) is 7.11 Å². The van der Waals surface area contributed by atoms with E-state index in [9.17, 15) is 9.59 Å². The molecule has 0 saturated heterocycles. The molecule has 0 bridgehead atoms. The maximum atomic E-state index is 12.1. The van der Waals surface area contributed by atoms with Gasteiger partial charge in [0.1, 0.15) is 5.60 Å². The molecule has 6 heteroatoms. The van der Waals surface area contributed by atoms with Crippen molar-refractivity contribution in [2.75, 3.05) is 20.7 Å². The molecule has 0 spiro atoms. The molecule has 1 rings (SSSR count). The highest BCUT2D eigenvalue weighted by molar-refractivity contribution is 9.10. The van der Waals surface area contributed by atoms with Gasteiger partial charge in [-0.15, -0.1) is 0 Å². The van der Waals surface area contributed by atoms with Gasteiger partial charge >= 0.3 is 12.1 Å². The van der Waals surface area contributed by atoms with Gasteiger partial charge in [0.25, 0.3) is 0 Å². The first-order valence-corrected chi connectivity index (χ1v) is 9.18. The Balaban J connectivity index is 2.56. The summed E-state index contributed by atoms with van der Waals surface area (Å²) in [6.07, 6.45) is 1.60. The molecular formula is C19H28BrNO4. The van der Waals surface area contributed by atoms with E-state index in [0.717, 1.165) is 10.0 Å². The lowest BCUT2D eigenvalue weighted by Gasteiger charge is -2.25. The van der Waals surface area contributed by atoms with E-state index in [0.29, 0.717) is 25.8 Å². The lowest BCUT2D eigenvalue weighted by molar-refractivity contribution is -0.145. The van der Waals surface area contributed by atoms with Crippen molar-refractivity contribution in [3.8, 4) is 0 Å². The van der Waals surface area contributed by atoms with Crippen LogP contribution in [0.15, 0.2) is 28.7 Å². The van der Waals surface area contributed by atoms with Gasteiger partial charge in [-0.25, -0.2) is 4.79 Å². The first-order valence-electron chi connectivity index (χ1n) is 8.38. The molecule has 0 heterocycles. The second-order valence-corrected chi connectivity index (χ2v) is 8.01. The molecule has 1 aromatic rings. The lowest BCUT2D eigenvalue weighted by atomic mass is 9.95. The number of rotatable bonds is 7. The van der Waals surface area contributed by atoms with Gasteiger partial charge in [0, 0.05) is 18.1 Å². The molecule has 1 atom stereocenters. The summed E-state index contributed by atoms with van der Waals surface area (Å²) in [7, 11) is 3.11. The summed E-state index contributed by atoms with van der Waals surface area (Å²) in [5.41, 5.74) is 0.561. The van der Waals surface area contributed by atoms with Crippen molar-refractivity contribution in [3.63, 3.8) is 0 Å². The van der Waals surface area contributed by atoms with E-state index in [-0.39, 0.29) is 18.0 Å². The van der Waals surface area contributed by atoms with Crippen molar-refractivity contribution < 1.29 is 19.1 Å². The summed E-state index contributed by atoms with van der Waals surface area (Å²) in [6, 6.07) is 7.90. The summed E-state index contributed by atoms with van der Waals surface area (Å²) in [5, 5.41) is 0. The van der Waals surface area contributed by atoms with Crippen molar-refractivity contribution in [3.05, 3.63) is 34.3 Å². The van der Waals surface area contributed by atoms with E-state index < -0.39 is 5.60 Å². The number of hydrogen-bond acceptors (Lipinski definition) is 4. The van der Waals surface area contributed by atoms with Crippen LogP contribution in [-0.2, 0) is 20.7 Å². The highest BCUT2D eigenvalue weighted by atomic mass is 79.9. The van der Waals surface area contributed by atoms with Crippen LogP contribution in [0.25, 0.3) is 0 Å². The first kappa shape index (κ1) is 21.5. The molecule has 0 aliphatic carbocycles. The molecule has 0 saturated carbocycles. The first-order chi connectivity index (χ1) is 11.6. The third-order valence-corrected chi connectivity index (χ3v) is 4.15. The van der Waals surface area contributed by atoms with E-state index >= 15 is 0 Å². The molecule has 5 nitrogen and oxygen atoms in total. The number of methoxy groups -OCH3 is 1. The van der Waals surface area contributed by atoms with Gasteiger partial charge in [0.15, 0.2) is 0 Å². The highest BCUT2D eigenvalue weighted by Gasteiger charge is 2.22. The maximum absolute atomic E-state index is 12.1. The van der Waals surface area contributed by atoms with Gasteiger partial charge in [-0.05, 0) is 57.7 Å². The smallest absolute Gasteiger partial charge is 0.410 e. The summed E-state index contributed by atoms with van der Waals surface area (Å²) in [5.74, 6) is -0.453. The Labute approximate surface area is 158 Å². The molecule has 0 fully saturated rings. The molecule has 1 amide bonds. The maximum Gasteiger partial charge on any atom is 0.410 e. The van der Waals surface area contributed by atoms with Crippen LogP contribution in [0.1, 0.15) is 39.2 Å². The van der Waals surface area contributed by atoms with Gasteiger partial charge in [-0.1, -0.05) is 28.1 Å². The minimum Gasteiger partial charge on any atom is -0.469 e. The molecule has 1 unspecified atom stereocenters. The molecule has 0 aromatic heterocycles.